The summed E-state index contributed by atoms with van der Waals surface area (Å²) in [6.45, 7) is 1.26. The predicted octanol–water partition coefficient (Wildman–Crippen LogP) is 1.21. The van der Waals surface area contributed by atoms with Crippen LogP contribution in [0.5, 0.6) is 0 Å². The number of hydrogen-bond acceptors (Lipinski definition) is 7. The van der Waals surface area contributed by atoms with Gasteiger partial charge in [0.15, 0.2) is 0 Å². The molecule has 0 aromatic heterocycles. The van der Waals surface area contributed by atoms with Gasteiger partial charge < -0.3 is 4.74 Å². The molecular formula is C5H5N5O2. The van der Waals surface area contributed by atoms with Crippen molar-refractivity contribution in [3.63, 3.8) is 0 Å². The highest BCUT2D eigenvalue weighted by Gasteiger charge is 1.99. The molecule has 0 saturated heterocycles. The van der Waals surface area contributed by atoms with E-state index in [0.29, 0.717) is 0 Å². The fourth-order valence-electron chi connectivity index (χ4n) is 0.467. The monoisotopic (exact) mass is 167 g/mol. The molecule has 0 aliphatic carbocycles. The van der Waals surface area contributed by atoms with E-state index >= 15 is 0 Å². The minimum absolute atomic E-state index is 0.0323. The van der Waals surface area contributed by atoms with E-state index in [1.165, 1.54) is 19.2 Å². The van der Waals surface area contributed by atoms with Crippen LogP contribution in [0.15, 0.2) is 38.2 Å². The van der Waals surface area contributed by atoms with E-state index in [0.717, 1.165) is 0 Å². The second-order valence-corrected chi connectivity index (χ2v) is 1.73. The number of ether oxygens (including phenoxy) is 1. The van der Waals surface area contributed by atoms with E-state index in [-0.39, 0.29) is 5.90 Å². The van der Waals surface area contributed by atoms with Gasteiger partial charge in [-0.1, -0.05) is 5.10 Å². The molecule has 62 valence electrons. The molecule has 7 heteroatoms. The highest BCUT2D eigenvalue weighted by Crippen LogP contribution is 1.94. The van der Waals surface area contributed by atoms with Crippen LogP contribution in [-0.4, -0.2) is 11.9 Å². The van der Waals surface area contributed by atoms with Crippen molar-refractivity contribution in [3.8, 4) is 0 Å². The zero-order chi connectivity index (χ0) is 8.81. The van der Waals surface area contributed by atoms with Crippen molar-refractivity contribution in [2.45, 2.75) is 6.92 Å². The number of esters is 1. The normalized spacial score (nSPS) is 14.9. The summed E-state index contributed by atoms with van der Waals surface area (Å²) in [6.07, 6.45) is 2.64. The molecule has 0 unspecified atom stereocenters. The molecule has 0 saturated carbocycles. The van der Waals surface area contributed by atoms with Crippen LogP contribution in [0.1, 0.15) is 6.92 Å². The Morgan fingerprint density at radius 1 is 1.42 bits per heavy atom. The molecular weight excluding hydrogens is 162 g/mol. The van der Waals surface area contributed by atoms with E-state index < -0.39 is 5.97 Å². The number of carbonyl (C=O) groups is 1. The van der Waals surface area contributed by atoms with Gasteiger partial charge >= 0.3 is 5.97 Å². The molecule has 0 aromatic carbocycles. The lowest BCUT2D eigenvalue weighted by Crippen LogP contribution is -2.05. The van der Waals surface area contributed by atoms with Crippen LogP contribution in [0.3, 0.4) is 0 Å². The number of carbonyl (C=O) groups excluding carboxylic acids is 1. The number of nitrogens with zero attached hydrogens (tertiary/aromatic N) is 5. The molecule has 0 spiro atoms. The molecule has 0 fully saturated rings. The standard InChI is InChI=1S/C5H5N5O2/c1-4(11)12-5-2-3-6-8-10-9-7-5/h2-3H,1H3. The van der Waals surface area contributed by atoms with Gasteiger partial charge in [-0.3, -0.25) is 4.79 Å². The van der Waals surface area contributed by atoms with Gasteiger partial charge in [-0.2, -0.15) is 0 Å². The van der Waals surface area contributed by atoms with Gasteiger partial charge in [0, 0.05) is 13.0 Å². The summed E-state index contributed by atoms with van der Waals surface area (Å²) in [4.78, 5) is 10.4. The first-order chi connectivity index (χ1) is 5.79. The van der Waals surface area contributed by atoms with E-state index in [9.17, 15) is 4.79 Å². The Hall–Kier alpha value is -1.92. The highest BCUT2D eigenvalue weighted by atomic mass is 16.5. The molecule has 7 nitrogen and oxygen atoms in total. The average molecular weight is 167 g/mol. The van der Waals surface area contributed by atoms with E-state index in [1.807, 2.05) is 0 Å². The maximum Gasteiger partial charge on any atom is 0.309 e. The summed E-state index contributed by atoms with van der Waals surface area (Å²) in [5, 5.41) is 16.3. The zero-order valence-electron chi connectivity index (χ0n) is 6.21. The molecule has 12 heavy (non-hydrogen) atoms. The largest absolute Gasteiger partial charge is 0.406 e. The third-order valence-electron chi connectivity index (χ3n) is 0.807. The van der Waals surface area contributed by atoms with Crippen LogP contribution in [-0.2, 0) is 9.53 Å². The van der Waals surface area contributed by atoms with E-state index in [1.54, 1.807) is 0 Å². The van der Waals surface area contributed by atoms with Gasteiger partial charge in [-0.25, -0.2) is 0 Å². The molecule has 0 N–H and O–H groups in total. The summed E-state index contributed by atoms with van der Waals surface area (Å²) < 4.78 is 4.60. The minimum atomic E-state index is -0.480. The van der Waals surface area contributed by atoms with Crippen molar-refractivity contribution in [1.82, 2.24) is 0 Å². The maximum atomic E-state index is 10.4. The second-order valence-electron chi connectivity index (χ2n) is 1.73. The minimum Gasteiger partial charge on any atom is -0.406 e. The van der Waals surface area contributed by atoms with Crippen molar-refractivity contribution < 1.29 is 9.53 Å². The lowest BCUT2D eigenvalue weighted by atomic mass is 10.6. The van der Waals surface area contributed by atoms with Crippen LogP contribution in [0, 0.1) is 0 Å². The van der Waals surface area contributed by atoms with Gasteiger partial charge in [-0.15, -0.1) is 5.11 Å². The Morgan fingerprint density at radius 3 is 3.00 bits per heavy atom. The van der Waals surface area contributed by atoms with Crippen LogP contribution >= 0.6 is 0 Å². The molecule has 0 atom stereocenters. The quantitative estimate of drug-likeness (QED) is 0.507. The molecule has 1 aliphatic rings. The van der Waals surface area contributed by atoms with Crippen LogP contribution < -0.4 is 0 Å². The maximum absolute atomic E-state index is 10.4. The lowest BCUT2D eigenvalue weighted by molar-refractivity contribution is -0.132. The van der Waals surface area contributed by atoms with Crippen molar-refractivity contribution in [2.75, 3.05) is 0 Å². The van der Waals surface area contributed by atoms with Crippen LogP contribution in [0.2, 0.25) is 0 Å². The second kappa shape index (κ2) is 4.06. The van der Waals surface area contributed by atoms with Crippen molar-refractivity contribution >= 4 is 11.9 Å². The third-order valence-corrected chi connectivity index (χ3v) is 0.807. The first kappa shape index (κ1) is 8.18. The Morgan fingerprint density at radius 2 is 2.25 bits per heavy atom. The van der Waals surface area contributed by atoms with Gasteiger partial charge in [0.2, 0.25) is 5.90 Å². The molecule has 1 heterocycles. The summed E-state index contributed by atoms with van der Waals surface area (Å²) in [7, 11) is 0. The van der Waals surface area contributed by atoms with Gasteiger partial charge in [-0.05, 0) is 15.7 Å². The Labute approximate surface area is 67.5 Å². The smallest absolute Gasteiger partial charge is 0.309 e. The molecule has 0 aromatic rings. The van der Waals surface area contributed by atoms with Crippen LogP contribution in [0.25, 0.3) is 0 Å². The van der Waals surface area contributed by atoms with Gasteiger partial charge in [0.25, 0.3) is 0 Å². The average Bonchev–Trinajstić information content (AvgIpc) is 1.93. The molecule has 0 bridgehead atoms. The van der Waals surface area contributed by atoms with Crippen molar-refractivity contribution in [1.29, 1.82) is 0 Å². The summed E-state index contributed by atoms with van der Waals surface area (Å²) in [5.41, 5.74) is 0. The van der Waals surface area contributed by atoms with Crippen molar-refractivity contribution in [3.05, 3.63) is 12.3 Å². The predicted molar refractivity (Wildman–Crippen MR) is 38.1 cm³/mol. The highest BCUT2D eigenvalue weighted by molar-refractivity contribution is 5.95. The summed E-state index contributed by atoms with van der Waals surface area (Å²) in [5.74, 6) is -0.448. The molecule has 1 rings (SSSR count). The van der Waals surface area contributed by atoms with Crippen molar-refractivity contribution in [2.24, 2.45) is 25.9 Å². The topological polar surface area (TPSA) is 88.1 Å². The molecule has 0 radical (unpaired) electrons. The molecule has 0 amide bonds. The SMILES string of the molecule is CC(=O)OC1=NN=NN=NC=C1. The fourth-order valence-corrected chi connectivity index (χ4v) is 0.467. The fraction of sp³-hybridized carbons (Fsp3) is 0.200. The van der Waals surface area contributed by atoms with Gasteiger partial charge in [0.05, 0.1) is 6.20 Å². The van der Waals surface area contributed by atoms with Gasteiger partial charge in [0.1, 0.15) is 0 Å². The lowest BCUT2D eigenvalue weighted by Gasteiger charge is -1.96. The van der Waals surface area contributed by atoms with Crippen LogP contribution in [0.4, 0.5) is 0 Å². The van der Waals surface area contributed by atoms with E-state index in [2.05, 4.69) is 30.6 Å². The first-order valence-corrected chi connectivity index (χ1v) is 3.02. The van der Waals surface area contributed by atoms with E-state index in [4.69, 9.17) is 0 Å². The molecule has 1 aliphatic heterocycles. The summed E-state index contributed by atoms with van der Waals surface area (Å²) >= 11 is 0. The first-order valence-electron chi connectivity index (χ1n) is 3.02. The Bertz CT molecular complexity index is 290. The number of hydrogen-bond donors (Lipinski definition) is 0. The Balaban J connectivity index is 2.69. The number of rotatable bonds is 0. The zero-order valence-corrected chi connectivity index (χ0v) is 6.21. The summed E-state index contributed by atoms with van der Waals surface area (Å²) in [6, 6.07) is 0. The third kappa shape index (κ3) is 2.78. The Kier molecular flexibility index (Phi) is 2.77.